The molecule has 0 aliphatic carbocycles. The van der Waals surface area contributed by atoms with E-state index in [0.717, 1.165) is 18.5 Å². The number of benzene rings is 1. The van der Waals surface area contributed by atoms with E-state index in [1.807, 2.05) is 11.6 Å². The van der Waals surface area contributed by atoms with Crippen LogP contribution in [0, 0.1) is 6.92 Å². The summed E-state index contributed by atoms with van der Waals surface area (Å²) in [6.45, 7) is 3.79. The number of aryl methyl sites for hydroxylation is 2. The van der Waals surface area contributed by atoms with Crippen LogP contribution in [-0.2, 0) is 19.9 Å². The predicted molar refractivity (Wildman–Crippen MR) is 114 cm³/mol. The number of aliphatic hydroxyl groups is 1. The van der Waals surface area contributed by atoms with Crippen LogP contribution in [0.2, 0.25) is 5.02 Å². The fraction of sp³-hybridized carbons (Fsp3) is 0.476. The Balaban J connectivity index is 0.00000364. The van der Waals surface area contributed by atoms with Crippen LogP contribution < -0.4 is 5.73 Å². The molecule has 2 aromatic rings. The molecule has 0 bridgehead atoms. The number of nitrogens with two attached hydrogens (primary N) is 1. The van der Waals surface area contributed by atoms with Gasteiger partial charge in [0, 0.05) is 24.7 Å². The van der Waals surface area contributed by atoms with Crippen LogP contribution >= 0.6 is 24.0 Å². The SMILES string of the molecule is Cc1ccc(CCCC(=O)c2cc(Cl)c(CC[C@@](C)(N)CO)n2C)cc1.Cl. The molecular formula is C21H30Cl2N2O2. The molecule has 27 heavy (non-hydrogen) atoms. The van der Waals surface area contributed by atoms with E-state index in [2.05, 4.69) is 31.2 Å². The molecule has 1 aromatic carbocycles. The van der Waals surface area contributed by atoms with Gasteiger partial charge in [-0.3, -0.25) is 4.79 Å². The lowest BCUT2D eigenvalue weighted by Crippen LogP contribution is -2.40. The molecule has 4 nitrogen and oxygen atoms in total. The zero-order valence-corrected chi connectivity index (χ0v) is 17.9. The van der Waals surface area contributed by atoms with E-state index in [0.29, 0.717) is 30.0 Å². The summed E-state index contributed by atoms with van der Waals surface area (Å²) in [7, 11) is 1.86. The molecule has 6 heteroatoms. The van der Waals surface area contributed by atoms with Gasteiger partial charge in [0.1, 0.15) is 0 Å². The van der Waals surface area contributed by atoms with Crippen molar-refractivity contribution >= 4 is 29.8 Å². The summed E-state index contributed by atoms with van der Waals surface area (Å²) in [5.41, 5.74) is 9.36. The lowest BCUT2D eigenvalue weighted by molar-refractivity contribution is 0.0972. The Bertz CT molecular complexity index is 752. The highest BCUT2D eigenvalue weighted by molar-refractivity contribution is 6.31. The Labute approximate surface area is 173 Å². The first kappa shape index (κ1) is 23.7. The number of carbonyl (C=O) groups is 1. The third kappa shape index (κ3) is 6.65. The molecule has 0 radical (unpaired) electrons. The fourth-order valence-electron chi connectivity index (χ4n) is 2.98. The van der Waals surface area contributed by atoms with Crippen molar-refractivity contribution in [2.75, 3.05) is 6.61 Å². The Morgan fingerprint density at radius 3 is 2.48 bits per heavy atom. The molecule has 0 spiro atoms. The van der Waals surface area contributed by atoms with Gasteiger partial charge in [-0.05, 0) is 51.2 Å². The first-order valence-electron chi connectivity index (χ1n) is 9.06. The largest absolute Gasteiger partial charge is 0.394 e. The van der Waals surface area contributed by atoms with Crippen LogP contribution in [0.3, 0.4) is 0 Å². The molecular weight excluding hydrogens is 383 g/mol. The predicted octanol–water partition coefficient (Wildman–Crippen LogP) is 4.26. The molecule has 0 saturated heterocycles. The average Bonchev–Trinajstić information content (AvgIpc) is 2.89. The summed E-state index contributed by atoms with van der Waals surface area (Å²) >= 11 is 6.33. The number of Topliss-reactive ketones (excluding diaryl/α,β-unsaturated/α-hetero) is 1. The summed E-state index contributed by atoms with van der Waals surface area (Å²) in [4.78, 5) is 12.6. The molecule has 0 amide bonds. The van der Waals surface area contributed by atoms with Gasteiger partial charge in [0.25, 0.3) is 0 Å². The molecule has 0 unspecified atom stereocenters. The molecule has 0 aliphatic rings. The van der Waals surface area contributed by atoms with Crippen LogP contribution in [-0.4, -0.2) is 27.6 Å². The molecule has 2 rings (SSSR count). The summed E-state index contributed by atoms with van der Waals surface area (Å²) in [6.07, 6.45) is 3.42. The van der Waals surface area contributed by atoms with Crippen molar-refractivity contribution < 1.29 is 9.90 Å². The highest BCUT2D eigenvalue weighted by Crippen LogP contribution is 2.25. The third-order valence-corrected chi connectivity index (χ3v) is 5.20. The van der Waals surface area contributed by atoms with E-state index in [-0.39, 0.29) is 24.8 Å². The lowest BCUT2D eigenvalue weighted by Gasteiger charge is -2.21. The highest BCUT2D eigenvalue weighted by atomic mass is 35.5. The van der Waals surface area contributed by atoms with Crippen LogP contribution in [0.5, 0.6) is 0 Å². The van der Waals surface area contributed by atoms with E-state index in [1.165, 1.54) is 11.1 Å². The van der Waals surface area contributed by atoms with Crippen molar-refractivity contribution in [3.8, 4) is 0 Å². The summed E-state index contributed by atoms with van der Waals surface area (Å²) < 4.78 is 1.87. The molecule has 0 saturated carbocycles. The van der Waals surface area contributed by atoms with Crippen LogP contribution in [0.25, 0.3) is 0 Å². The lowest BCUT2D eigenvalue weighted by atomic mass is 9.97. The van der Waals surface area contributed by atoms with Gasteiger partial charge in [-0.2, -0.15) is 0 Å². The fourth-order valence-corrected chi connectivity index (χ4v) is 3.30. The molecule has 0 aliphatic heterocycles. The normalized spacial score (nSPS) is 13.1. The number of rotatable bonds is 9. The molecule has 1 atom stereocenters. The highest BCUT2D eigenvalue weighted by Gasteiger charge is 2.21. The minimum absolute atomic E-state index is 0. The zero-order chi connectivity index (χ0) is 19.3. The number of ketones is 1. The second-order valence-corrected chi connectivity index (χ2v) is 7.86. The van der Waals surface area contributed by atoms with Gasteiger partial charge < -0.3 is 15.4 Å². The van der Waals surface area contributed by atoms with Gasteiger partial charge in [-0.25, -0.2) is 0 Å². The minimum atomic E-state index is -0.647. The maximum absolute atomic E-state index is 12.6. The average molecular weight is 413 g/mol. The summed E-state index contributed by atoms with van der Waals surface area (Å²) in [5.74, 6) is 0.102. The van der Waals surface area contributed by atoms with Gasteiger partial charge in [-0.1, -0.05) is 41.4 Å². The first-order chi connectivity index (χ1) is 12.2. The summed E-state index contributed by atoms with van der Waals surface area (Å²) in [5, 5.41) is 9.88. The Morgan fingerprint density at radius 1 is 1.26 bits per heavy atom. The summed E-state index contributed by atoms with van der Waals surface area (Å²) in [6, 6.07) is 10.2. The number of aromatic nitrogens is 1. The Hall–Kier alpha value is -1.33. The van der Waals surface area contributed by atoms with Crippen molar-refractivity contribution in [1.82, 2.24) is 4.57 Å². The van der Waals surface area contributed by atoms with Crippen molar-refractivity contribution in [2.45, 2.75) is 51.5 Å². The Kier molecular flexibility index (Phi) is 9.03. The number of aliphatic hydroxyl groups excluding tert-OH is 1. The van der Waals surface area contributed by atoms with Crippen LogP contribution in [0.1, 0.15) is 53.5 Å². The van der Waals surface area contributed by atoms with E-state index in [1.54, 1.807) is 13.0 Å². The number of nitrogens with zero attached hydrogens (tertiary/aromatic N) is 1. The van der Waals surface area contributed by atoms with Crippen LogP contribution in [0.15, 0.2) is 30.3 Å². The van der Waals surface area contributed by atoms with Gasteiger partial charge in [-0.15, -0.1) is 12.4 Å². The van der Waals surface area contributed by atoms with Crippen molar-refractivity contribution in [1.29, 1.82) is 0 Å². The third-order valence-electron chi connectivity index (χ3n) is 4.88. The standard InChI is InChI=1S/C21H29ClN2O2.ClH/c1-15-7-9-16(10-8-15)5-4-6-20(26)19-13-17(22)18(24(19)3)11-12-21(2,23)14-25;/h7-10,13,25H,4-6,11-12,14,23H2,1-3H3;1H/t21-;/m1./s1. The smallest absolute Gasteiger partial charge is 0.179 e. The first-order valence-corrected chi connectivity index (χ1v) is 9.44. The monoisotopic (exact) mass is 412 g/mol. The van der Waals surface area contributed by atoms with E-state index < -0.39 is 5.54 Å². The second-order valence-electron chi connectivity index (χ2n) is 7.46. The maximum atomic E-state index is 12.6. The molecule has 0 fully saturated rings. The van der Waals surface area contributed by atoms with Crippen molar-refractivity contribution in [3.05, 3.63) is 57.9 Å². The molecule has 150 valence electrons. The Morgan fingerprint density at radius 2 is 1.89 bits per heavy atom. The second kappa shape index (κ2) is 10.3. The van der Waals surface area contributed by atoms with Crippen molar-refractivity contribution in [2.24, 2.45) is 12.8 Å². The maximum Gasteiger partial charge on any atom is 0.179 e. The van der Waals surface area contributed by atoms with E-state index >= 15 is 0 Å². The van der Waals surface area contributed by atoms with E-state index in [4.69, 9.17) is 17.3 Å². The topological polar surface area (TPSA) is 68.2 Å². The van der Waals surface area contributed by atoms with Crippen molar-refractivity contribution in [3.63, 3.8) is 0 Å². The number of hydrogen-bond acceptors (Lipinski definition) is 3. The molecule has 1 heterocycles. The van der Waals surface area contributed by atoms with E-state index in [9.17, 15) is 9.90 Å². The minimum Gasteiger partial charge on any atom is -0.394 e. The van der Waals surface area contributed by atoms with Gasteiger partial charge in [0.05, 0.1) is 17.3 Å². The quantitative estimate of drug-likeness (QED) is 0.604. The number of carbonyl (C=O) groups excluding carboxylic acids is 1. The molecule has 1 aromatic heterocycles. The van der Waals surface area contributed by atoms with Crippen LogP contribution in [0.4, 0.5) is 0 Å². The van der Waals surface area contributed by atoms with Gasteiger partial charge in [0.2, 0.25) is 0 Å². The van der Waals surface area contributed by atoms with Gasteiger partial charge >= 0.3 is 0 Å². The zero-order valence-electron chi connectivity index (χ0n) is 16.3. The molecule has 3 N–H and O–H groups in total. The van der Waals surface area contributed by atoms with Gasteiger partial charge in [0.15, 0.2) is 5.78 Å². The number of halogens is 2. The number of hydrogen-bond donors (Lipinski definition) is 2.